The van der Waals surface area contributed by atoms with Crippen LogP contribution in [0.4, 0.5) is 5.82 Å². The molecule has 0 atom stereocenters. The number of aromatic nitrogens is 2. The zero-order valence-electron chi connectivity index (χ0n) is 10.6. The first-order chi connectivity index (χ1) is 8.00. The molecular weight excluding hydrogens is 238 g/mol. The molecule has 2 N–H and O–H groups in total. The molecule has 1 rings (SSSR count). The number of nitrogens with one attached hydrogen (secondary N) is 1. The molecule has 0 radical (unpaired) electrons. The summed E-state index contributed by atoms with van der Waals surface area (Å²) in [6, 6.07) is 0. The van der Waals surface area contributed by atoms with Crippen molar-refractivity contribution in [2.45, 2.75) is 45.6 Å². The molecule has 0 fully saturated rings. The van der Waals surface area contributed by atoms with Crippen molar-refractivity contribution >= 4 is 17.4 Å². The Morgan fingerprint density at radius 1 is 1.41 bits per heavy atom. The number of halogens is 1. The summed E-state index contributed by atoms with van der Waals surface area (Å²) < 4.78 is 0. The molecule has 0 aromatic carbocycles. The largest absolute Gasteiger partial charge is 0.396 e. The summed E-state index contributed by atoms with van der Waals surface area (Å²) in [4.78, 5) is 8.24. The van der Waals surface area contributed by atoms with Crippen LogP contribution >= 0.6 is 11.6 Å². The molecular formula is C12H20ClN3O. The summed E-state index contributed by atoms with van der Waals surface area (Å²) in [7, 11) is 0. The van der Waals surface area contributed by atoms with Gasteiger partial charge in [-0.3, -0.25) is 0 Å². The second kappa shape index (κ2) is 6.17. The van der Waals surface area contributed by atoms with Crippen LogP contribution < -0.4 is 5.32 Å². The van der Waals surface area contributed by atoms with Gasteiger partial charge in [-0.25, -0.2) is 9.97 Å². The van der Waals surface area contributed by atoms with Crippen molar-refractivity contribution in [3.8, 4) is 0 Å². The summed E-state index contributed by atoms with van der Waals surface area (Å²) in [6.07, 6.45) is 3.94. The smallest absolute Gasteiger partial charge is 0.137 e. The standard InChI is InChI=1S/C12H20ClN3O/c1-4-5-9-10(13)14-8-15-11(9)16-12(2,3)6-7-17/h8,17H,4-7H2,1-3H3,(H,14,15,16). The lowest BCUT2D eigenvalue weighted by molar-refractivity contribution is 0.260. The second-order valence-corrected chi connectivity index (χ2v) is 5.08. The second-order valence-electron chi connectivity index (χ2n) is 4.72. The van der Waals surface area contributed by atoms with Crippen molar-refractivity contribution in [2.24, 2.45) is 0 Å². The first-order valence-electron chi connectivity index (χ1n) is 5.88. The molecule has 0 aliphatic rings. The van der Waals surface area contributed by atoms with E-state index in [1.165, 1.54) is 6.33 Å². The highest BCUT2D eigenvalue weighted by atomic mass is 35.5. The normalized spacial score (nSPS) is 11.6. The number of aliphatic hydroxyl groups excluding tert-OH is 1. The third-order valence-corrected chi connectivity index (χ3v) is 2.91. The van der Waals surface area contributed by atoms with E-state index in [0.29, 0.717) is 11.6 Å². The summed E-state index contributed by atoms with van der Waals surface area (Å²) in [5.74, 6) is 0.769. The maximum atomic E-state index is 9.01. The van der Waals surface area contributed by atoms with E-state index in [1.807, 2.05) is 13.8 Å². The number of hydrogen-bond acceptors (Lipinski definition) is 4. The molecule has 1 heterocycles. The molecule has 0 aliphatic heterocycles. The van der Waals surface area contributed by atoms with Crippen LogP contribution in [0.1, 0.15) is 39.2 Å². The number of rotatable bonds is 6. The molecule has 0 aliphatic carbocycles. The van der Waals surface area contributed by atoms with Crippen LogP contribution in [0.15, 0.2) is 6.33 Å². The maximum absolute atomic E-state index is 9.01. The van der Waals surface area contributed by atoms with Crippen LogP contribution in [0.25, 0.3) is 0 Å². The lowest BCUT2D eigenvalue weighted by Gasteiger charge is -2.27. The van der Waals surface area contributed by atoms with Gasteiger partial charge >= 0.3 is 0 Å². The van der Waals surface area contributed by atoms with Crippen LogP contribution in [0.5, 0.6) is 0 Å². The van der Waals surface area contributed by atoms with E-state index in [-0.39, 0.29) is 12.1 Å². The molecule has 0 saturated carbocycles. The van der Waals surface area contributed by atoms with Gasteiger partial charge in [0.2, 0.25) is 0 Å². The van der Waals surface area contributed by atoms with Crippen molar-refractivity contribution in [3.05, 3.63) is 17.0 Å². The van der Waals surface area contributed by atoms with Gasteiger partial charge in [0.1, 0.15) is 17.3 Å². The lowest BCUT2D eigenvalue weighted by Crippen LogP contribution is -2.33. The number of hydrogen-bond donors (Lipinski definition) is 2. The van der Waals surface area contributed by atoms with E-state index in [4.69, 9.17) is 16.7 Å². The fraction of sp³-hybridized carbons (Fsp3) is 0.667. The van der Waals surface area contributed by atoms with Crippen molar-refractivity contribution in [3.63, 3.8) is 0 Å². The number of nitrogens with zero attached hydrogens (tertiary/aromatic N) is 2. The van der Waals surface area contributed by atoms with Gasteiger partial charge in [0.15, 0.2) is 0 Å². The molecule has 4 nitrogen and oxygen atoms in total. The molecule has 17 heavy (non-hydrogen) atoms. The van der Waals surface area contributed by atoms with E-state index in [1.54, 1.807) is 0 Å². The maximum Gasteiger partial charge on any atom is 0.137 e. The SMILES string of the molecule is CCCc1c(Cl)ncnc1NC(C)(C)CCO. The Bertz CT molecular complexity index is 369. The van der Waals surface area contributed by atoms with E-state index < -0.39 is 0 Å². The highest BCUT2D eigenvalue weighted by Crippen LogP contribution is 2.25. The fourth-order valence-electron chi connectivity index (χ4n) is 1.63. The van der Waals surface area contributed by atoms with E-state index >= 15 is 0 Å². The number of anilines is 1. The van der Waals surface area contributed by atoms with Gasteiger partial charge < -0.3 is 10.4 Å². The molecule has 0 unspecified atom stereocenters. The van der Waals surface area contributed by atoms with E-state index in [9.17, 15) is 0 Å². The molecule has 96 valence electrons. The first-order valence-corrected chi connectivity index (χ1v) is 6.26. The van der Waals surface area contributed by atoms with Gasteiger partial charge in [-0.2, -0.15) is 0 Å². The van der Waals surface area contributed by atoms with Crippen molar-refractivity contribution in [2.75, 3.05) is 11.9 Å². The summed E-state index contributed by atoms with van der Waals surface area (Å²) in [5, 5.41) is 12.8. The van der Waals surface area contributed by atoms with E-state index in [0.717, 1.165) is 24.2 Å². The summed E-state index contributed by atoms with van der Waals surface area (Å²) >= 11 is 6.07. The summed E-state index contributed by atoms with van der Waals surface area (Å²) in [5.41, 5.74) is 0.734. The zero-order chi connectivity index (χ0) is 12.9. The first kappa shape index (κ1) is 14.2. The average Bonchev–Trinajstić information content (AvgIpc) is 2.22. The Hall–Kier alpha value is -0.870. The molecule has 0 bridgehead atoms. The molecule has 0 spiro atoms. The Kier molecular flexibility index (Phi) is 5.15. The number of aliphatic hydroxyl groups is 1. The molecule has 5 heteroatoms. The van der Waals surface area contributed by atoms with Crippen LogP contribution in [0.2, 0.25) is 5.15 Å². The van der Waals surface area contributed by atoms with Gasteiger partial charge in [-0.05, 0) is 26.7 Å². The predicted molar refractivity (Wildman–Crippen MR) is 70.4 cm³/mol. The van der Waals surface area contributed by atoms with Gasteiger partial charge in [0.25, 0.3) is 0 Å². The average molecular weight is 258 g/mol. The minimum atomic E-state index is -0.213. The Morgan fingerprint density at radius 2 is 2.12 bits per heavy atom. The van der Waals surface area contributed by atoms with Crippen molar-refractivity contribution in [1.82, 2.24) is 9.97 Å². The van der Waals surface area contributed by atoms with Crippen LogP contribution in [0.3, 0.4) is 0 Å². The molecule has 1 aromatic rings. The van der Waals surface area contributed by atoms with Crippen LogP contribution in [-0.4, -0.2) is 27.2 Å². The molecule has 0 saturated heterocycles. The highest BCUT2D eigenvalue weighted by Gasteiger charge is 2.20. The van der Waals surface area contributed by atoms with Gasteiger partial charge in [-0.15, -0.1) is 0 Å². The minimum Gasteiger partial charge on any atom is -0.396 e. The monoisotopic (exact) mass is 257 g/mol. The Morgan fingerprint density at radius 3 is 2.71 bits per heavy atom. The topological polar surface area (TPSA) is 58.0 Å². The minimum absolute atomic E-state index is 0.141. The third kappa shape index (κ3) is 4.13. The Balaban J connectivity index is 2.93. The summed E-state index contributed by atoms with van der Waals surface area (Å²) in [6.45, 7) is 6.28. The van der Waals surface area contributed by atoms with Crippen LogP contribution in [0, 0.1) is 0 Å². The lowest BCUT2D eigenvalue weighted by atomic mass is 10.0. The Labute approximate surface area is 107 Å². The van der Waals surface area contributed by atoms with Gasteiger partial charge in [-0.1, -0.05) is 24.9 Å². The van der Waals surface area contributed by atoms with E-state index in [2.05, 4.69) is 22.2 Å². The fourth-order valence-corrected chi connectivity index (χ4v) is 1.86. The van der Waals surface area contributed by atoms with Gasteiger partial charge in [0.05, 0.1) is 0 Å². The zero-order valence-corrected chi connectivity index (χ0v) is 11.4. The predicted octanol–water partition coefficient (Wildman–Crippen LogP) is 2.66. The molecule has 1 aromatic heterocycles. The molecule has 0 amide bonds. The van der Waals surface area contributed by atoms with Crippen molar-refractivity contribution in [1.29, 1.82) is 0 Å². The van der Waals surface area contributed by atoms with Crippen molar-refractivity contribution < 1.29 is 5.11 Å². The van der Waals surface area contributed by atoms with Crippen LogP contribution in [-0.2, 0) is 6.42 Å². The van der Waals surface area contributed by atoms with Gasteiger partial charge in [0, 0.05) is 17.7 Å². The quantitative estimate of drug-likeness (QED) is 0.770. The highest BCUT2D eigenvalue weighted by molar-refractivity contribution is 6.30. The third-order valence-electron chi connectivity index (χ3n) is 2.59.